The first-order valence-electron chi connectivity index (χ1n) is 12.5. The Hall–Kier alpha value is -4.43. The van der Waals surface area contributed by atoms with Gasteiger partial charge in [-0.05, 0) is 59.8 Å². The van der Waals surface area contributed by atoms with Crippen molar-refractivity contribution in [2.24, 2.45) is 0 Å². The van der Waals surface area contributed by atoms with Crippen LogP contribution in [0.15, 0.2) is 79.1 Å². The summed E-state index contributed by atoms with van der Waals surface area (Å²) < 4.78 is 7.42. The Morgan fingerprint density at radius 2 is 1.86 bits per heavy atom. The van der Waals surface area contributed by atoms with Gasteiger partial charge in [0.25, 0.3) is 0 Å². The summed E-state index contributed by atoms with van der Waals surface area (Å²) in [5, 5.41) is 11.2. The third-order valence-corrected chi connectivity index (χ3v) is 6.74. The minimum atomic E-state index is -0.481. The third-order valence-electron chi connectivity index (χ3n) is 6.74. The Kier molecular flexibility index (Phi) is 6.39. The van der Waals surface area contributed by atoms with Crippen molar-refractivity contribution in [3.8, 4) is 11.4 Å². The molecule has 2 aliphatic rings. The second-order valence-corrected chi connectivity index (χ2v) is 9.10. The normalized spacial score (nSPS) is 16.6. The van der Waals surface area contributed by atoms with E-state index in [9.17, 15) is 4.79 Å². The highest BCUT2D eigenvalue weighted by Crippen LogP contribution is 2.34. The molecule has 1 fully saturated rings. The van der Waals surface area contributed by atoms with E-state index >= 15 is 0 Å². The van der Waals surface area contributed by atoms with Crippen LogP contribution in [0.4, 0.5) is 17.2 Å². The smallest absolute Gasteiger partial charge is 0.146 e. The zero-order valence-corrected chi connectivity index (χ0v) is 20.4. The first-order chi connectivity index (χ1) is 18.3. The Morgan fingerprint density at radius 1 is 1.05 bits per heavy atom. The molecule has 4 aromatic rings. The SMILES string of the molecule is O=CC1NC=Cc2cc(-c3ccnn3Cc3ccccc3)nc(Nc3ccc(N4CCOCC4)cc3)c21. The first-order valence-corrected chi connectivity index (χ1v) is 12.5. The molecule has 0 saturated carbocycles. The van der Waals surface area contributed by atoms with Crippen LogP contribution in [0.3, 0.4) is 0 Å². The highest BCUT2D eigenvalue weighted by molar-refractivity contribution is 5.79. The van der Waals surface area contributed by atoms with E-state index in [1.54, 1.807) is 6.20 Å². The maximum absolute atomic E-state index is 11.9. The fourth-order valence-corrected chi connectivity index (χ4v) is 4.84. The number of hydrogen-bond acceptors (Lipinski definition) is 7. The number of anilines is 3. The van der Waals surface area contributed by atoms with Gasteiger partial charge in [-0.2, -0.15) is 5.10 Å². The van der Waals surface area contributed by atoms with Gasteiger partial charge >= 0.3 is 0 Å². The van der Waals surface area contributed by atoms with E-state index in [0.29, 0.717) is 12.4 Å². The minimum absolute atomic E-state index is 0.481. The molecule has 37 heavy (non-hydrogen) atoms. The monoisotopic (exact) mass is 492 g/mol. The molecule has 4 heterocycles. The number of nitrogens with zero attached hydrogens (tertiary/aromatic N) is 4. The average molecular weight is 493 g/mol. The molecule has 186 valence electrons. The number of carbonyl (C=O) groups excluding carboxylic acids is 1. The molecule has 1 atom stereocenters. The Balaban J connectivity index is 1.35. The number of morpholine rings is 1. The van der Waals surface area contributed by atoms with Crippen molar-refractivity contribution in [1.29, 1.82) is 0 Å². The Bertz CT molecular complexity index is 1410. The number of aromatic nitrogens is 3. The summed E-state index contributed by atoms with van der Waals surface area (Å²) in [5.41, 5.74) is 6.70. The minimum Gasteiger partial charge on any atom is -0.378 e. The fraction of sp³-hybridized carbons (Fsp3) is 0.207. The summed E-state index contributed by atoms with van der Waals surface area (Å²) in [6, 6.07) is 22.1. The fourth-order valence-electron chi connectivity index (χ4n) is 4.84. The van der Waals surface area contributed by atoms with E-state index in [4.69, 9.17) is 9.72 Å². The largest absolute Gasteiger partial charge is 0.378 e. The molecular weight excluding hydrogens is 464 g/mol. The Labute approximate surface area is 215 Å². The number of fused-ring (bicyclic) bond motifs is 1. The molecule has 8 nitrogen and oxygen atoms in total. The lowest BCUT2D eigenvalue weighted by molar-refractivity contribution is -0.109. The quantitative estimate of drug-likeness (QED) is 0.370. The summed E-state index contributed by atoms with van der Waals surface area (Å²) in [5.74, 6) is 0.646. The van der Waals surface area contributed by atoms with Crippen molar-refractivity contribution in [3.05, 3.63) is 95.8 Å². The number of rotatable bonds is 7. The maximum Gasteiger partial charge on any atom is 0.146 e. The van der Waals surface area contributed by atoms with E-state index in [-0.39, 0.29) is 0 Å². The summed E-state index contributed by atoms with van der Waals surface area (Å²) >= 11 is 0. The molecule has 2 aliphatic heterocycles. The van der Waals surface area contributed by atoms with Crippen LogP contribution in [0.25, 0.3) is 17.5 Å². The van der Waals surface area contributed by atoms with Gasteiger partial charge in [0.1, 0.15) is 18.1 Å². The maximum atomic E-state index is 11.9. The molecule has 2 N–H and O–H groups in total. The van der Waals surface area contributed by atoms with Gasteiger partial charge in [-0.15, -0.1) is 0 Å². The second kappa shape index (κ2) is 10.3. The highest BCUT2D eigenvalue weighted by Gasteiger charge is 2.24. The van der Waals surface area contributed by atoms with Gasteiger partial charge in [-0.1, -0.05) is 30.3 Å². The number of nitrogens with one attached hydrogen (secondary N) is 2. The van der Waals surface area contributed by atoms with Crippen LogP contribution < -0.4 is 15.5 Å². The lowest BCUT2D eigenvalue weighted by Gasteiger charge is -2.29. The molecule has 2 aromatic carbocycles. The highest BCUT2D eigenvalue weighted by atomic mass is 16.5. The van der Waals surface area contributed by atoms with Gasteiger partial charge in [-0.3, -0.25) is 4.68 Å². The number of benzene rings is 2. The molecule has 0 bridgehead atoms. The predicted octanol–water partition coefficient (Wildman–Crippen LogP) is 4.39. The third kappa shape index (κ3) is 4.83. The van der Waals surface area contributed by atoms with Crippen molar-refractivity contribution < 1.29 is 9.53 Å². The van der Waals surface area contributed by atoms with Crippen LogP contribution in [0, 0.1) is 0 Å². The van der Waals surface area contributed by atoms with Gasteiger partial charge in [-0.25, -0.2) is 4.98 Å². The summed E-state index contributed by atoms with van der Waals surface area (Å²) in [4.78, 5) is 19.3. The molecule has 2 aromatic heterocycles. The van der Waals surface area contributed by atoms with Gasteiger partial charge in [0, 0.05) is 36.2 Å². The molecular formula is C29H28N6O2. The molecule has 6 rings (SSSR count). The molecule has 0 aliphatic carbocycles. The molecule has 0 amide bonds. The van der Waals surface area contributed by atoms with Crippen molar-refractivity contribution in [3.63, 3.8) is 0 Å². The topological polar surface area (TPSA) is 84.3 Å². The number of carbonyl (C=O) groups is 1. The standard InChI is InChI=1S/C29H28N6O2/c36-20-26-28-22(10-12-30-26)18-25(27-11-13-31-35(27)19-21-4-2-1-3-5-21)33-29(28)32-23-6-8-24(9-7-23)34-14-16-37-17-15-34/h1-13,18,20,26,30H,14-17,19H2,(H,32,33). The van der Waals surface area contributed by atoms with Crippen LogP contribution >= 0.6 is 0 Å². The number of hydrogen-bond donors (Lipinski definition) is 2. The van der Waals surface area contributed by atoms with Crippen molar-refractivity contribution in [1.82, 2.24) is 20.1 Å². The van der Waals surface area contributed by atoms with Crippen molar-refractivity contribution in [2.75, 3.05) is 36.5 Å². The number of ether oxygens (including phenoxy) is 1. The van der Waals surface area contributed by atoms with Gasteiger partial charge in [0.2, 0.25) is 0 Å². The van der Waals surface area contributed by atoms with E-state index in [1.807, 2.05) is 59.4 Å². The lowest BCUT2D eigenvalue weighted by Crippen LogP contribution is -2.36. The lowest BCUT2D eigenvalue weighted by atomic mass is 9.97. The van der Waals surface area contributed by atoms with Crippen LogP contribution in [0.1, 0.15) is 22.7 Å². The predicted molar refractivity (Wildman–Crippen MR) is 145 cm³/mol. The summed E-state index contributed by atoms with van der Waals surface area (Å²) in [6.07, 6.45) is 6.50. The van der Waals surface area contributed by atoms with Crippen molar-refractivity contribution in [2.45, 2.75) is 12.6 Å². The van der Waals surface area contributed by atoms with Crippen LogP contribution in [-0.2, 0) is 16.1 Å². The Morgan fingerprint density at radius 3 is 2.65 bits per heavy atom. The van der Waals surface area contributed by atoms with Crippen molar-refractivity contribution >= 4 is 29.6 Å². The van der Waals surface area contributed by atoms with Gasteiger partial charge in [0.05, 0.1) is 31.1 Å². The number of aldehydes is 1. The van der Waals surface area contributed by atoms with E-state index in [1.165, 1.54) is 0 Å². The van der Waals surface area contributed by atoms with Gasteiger partial charge in [0.15, 0.2) is 0 Å². The average Bonchev–Trinajstić information content (AvgIpc) is 3.42. The molecule has 0 spiro atoms. The van der Waals surface area contributed by atoms with E-state index in [2.05, 4.69) is 44.9 Å². The molecule has 8 heteroatoms. The molecule has 1 unspecified atom stereocenters. The van der Waals surface area contributed by atoms with Crippen LogP contribution in [-0.4, -0.2) is 47.4 Å². The molecule has 1 saturated heterocycles. The zero-order chi connectivity index (χ0) is 25.0. The number of pyridine rings is 1. The second-order valence-electron chi connectivity index (χ2n) is 9.10. The van der Waals surface area contributed by atoms with E-state index in [0.717, 1.165) is 72.0 Å². The first kappa shape index (κ1) is 23.0. The van der Waals surface area contributed by atoms with Crippen LogP contribution in [0.2, 0.25) is 0 Å². The van der Waals surface area contributed by atoms with Crippen LogP contribution in [0.5, 0.6) is 0 Å². The summed E-state index contributed by atoms with van der Waals surface area (Å²) in [7, 11) is 0. The van der Waals surface area contributed by atoms with Gasteiger partial charge < -0.3 is 25.1 Å². The molecule has 0 radical (unpaired) electrons. The summed E-state index contributed by atoms with van der Waals surface area (Å²) in [6.45, 7) is 3.91. The zero-order valence-electron chi connectivity index (χ0n) is 20.4. The van der Waals surface area contributed by atoms with E-state index < -0.39 is 6.04 Å².